The third-order valence-corrected chi connectivity index (χ3v) is 6.15. The van der Waals surface area contributed by atoms with Crippen LogP contribution in [0.3, 0.4) is 0 Å². The van der Waals surface area contributed by atoms with Gasteiger partial charge in [0.2, 0.25) is 6.49 Å². The van der Waals surface area contributed by atoms with Crippen LogP contribution < -0.4 is 11.0 Å². The summed E-state index contributed by atoms with van der Waals surface area (Å²) in [6.07, 6.45) is 0.324. The minimum Gasteiger partial charge on any atom is -0.391 e. The van der Waals surface area contributed by atoms with Crippen LogP contribution in [0.25, 0.3) is 0 Å². The highest BCUT2D eigenvalue weighted by atomic mass is 32.5. The number of rotatable bonds is 3. The molecular formula is C17H22NO3PS. The number of aliphatic hydroxyl groups excluding tert-OH is 1. The van der Waals surface area contributed by atoms with E-state index in [1.807, 2.05) is 49.4 Å². The highest BCUT2D eigenvalue weighted by Gasteiger charge is 2.26. The summed E-state index contributed by atoms with van der Waals surface area (Å²) in [5.41, 5.74) is 8.02. The molecule has 2 aromatic carbocycles. The van der Waals surface area contributed by atoms with E-state index >= 15 is 0 Å². The van der Waals surface area contributed by atoms with E-state index in [0.29, 0.717) is 18.3 Å². The summed E-state index contributed by atoms with van der Waals surface area (Å²) >= 11 is 4.95. The first-order valence-corrected chi connectivity index (χ1v) is 10.2. The molecule has 1 aliphatic carbocycles. The van der Waals surface area contributed by atoms with E-state index in [1.54, 1.807) is 12.1 Å². The Morgan fingerprint density at radius 3 is 2.39 bits per heavy atom. The van der Waals surface area contributed by atoms with Crippen LogP contribution in [0.1, 0.15) is 24.1 Å². The fraction of sp³-hybridized carbons (Fsp3) is 0.294. The lowest BCUT2D eigenvalue weighted by atomic mass is 10.1. The van der Waals surface area contributed by atoms with Crippen molar-refractivity contribution in [3.05, 3.63) is 65.7 Å². The van der Waals surface area contributed by atoms with E-state index in [2.05, 4.69) is 0 Å². The molecule has 0 amide bonds. The first kappa shape index (κ1) is 18.3. The Hall–Kier alpha value is -1.07. The Labute approximate surface area is 142 Å². The molecule has 3 unspecified atom stereocenters. The van der Waals surface area contributed by atoms with Gasteiger partial charge in [-0.25, -0.2) is 0 Å². The lowest BCUT2D eigenvalue weighted by molar-refractivity contribution is 0.158. The van der Waals surface area contributed by atoms with Gasteiger partial charge in [-0.3, -0.25) is 0 Å². The van der Waals surface area contributed by atoms with Gasteiger partial charge in [0.15, 0.2) is 0 Å². The highest BCUT2D eigenvalue weighted by molar-refractivity contribution is 8.13. The summed E-state index contributed by atoms with van der Waals surface area (Å²) in [7, 11) is 0. The van der Waals surface area contributed by atoms with Crippen LogP contribution in [-0.2, 0) is 22.8 Å². The van der Waals surface area contributed by atoms with Gasteiger partial charge in [0.25, 0.3) is 0 Å². The fourth-order valence-corrected chi connectivity index (χ4v) is 4.20. The maximum atomic E-state index is 9.69. The number of nitrogens with two attached hydrogens (primary N) is 1. The summed E-state index contributed by atoms with van der Waals surface area (Å²) in [5, 5.41) is 10.1. The predicted octanol–water partition coefficient (Wildman–Crippen LogP) is 2.25. The normalized spacial score (nSPS) is 21.7. The van der Waals surface area contributed by atoms with Crippen LogP contribution in [0.5, 0.6) is 0 Å². The van der Waals surface area contributed by atoms with E-state index in [4.69, 9.17) is 22.1 Å². The molecule has 4 N–H and O–H groups in total. The van der Waals surface area contributed by atoms with Gasteiger partial charge in [-0.2, -0.15) is 0 Å². The second kappa shape index (κ2) is 8.15. The second-order valence-corrected chi connectivity index (χ2v) is 8.57. The number of hydrogen-bond acceptors (Lipinski definition) is 4. The van der Waals surface area contributed by atoms with Gasteiger partial charge in [0, 0.05) is 11.7 Å². The Kier molecular flexibility index (Phi) is 6.48. The summed E-state index contributed by atoms with van der Waals surface area (Å²) in [4.78, 5) is 9.69. The topological polar surface area (TPSA) is 75.7 Å². The first-order valence-electron chi connectivity index (χ1n) is 7.50. The van der Waals surface area contributed by atoms with Gasteiger partial charge in [-0.15, -0.1) is 0 Å². The van der Waals surface area contributed by atoms with Crippen LogP contribution in [0, 0.1) is 0 Å². The Morgan fingerprint density at radius 2 is 1.78 bits per heavy atom. The van der Waals surface area contributed by atoms with Crippen molar-refractivity contribution in [1.29, 1.82) is 0 Å². The van der Waals surface area contributed by atoms with E-state index in [-0.39, 0.29) is 12.1 Å². The zero-order valence-electron chi connectivity index (χ0n) is 13.0. The summed E-state index contributed by atoms with van der Waals surface area (Å²) in [5.74, 6) is 0. The van der Waals surface area contributed by atoms with Crippen LogP contribution >= 0.6 is 6.49 Å². The van der Waals surface area contributed by atoms with E-state index in [0.717, 1.165) is 5.56 Å². The molecule has 23 heavy (non-hydrogen) atoms. The lowest BCUT2D eigenvalue weighted by Crippen LogP contribution is -2.21. The summed E-state index contributed by atoms with van der Waals surface area (Å²) in [6.45, 7) is -0.445. The Balaban J connectivity index is 0.000000167. The maximum absolute atomic E-state index is 9.69. The standard InChI is InChI=1S/C9H11NO.C8H11O2PS/c10-9-7-4-2-1-3-6(7)5-8(9)11;1-2-10-11(9,12)8-6-4-3-5-7-8/h1-4,8-9,11H,5,10H2;3-7H,2H2,1H3,(H,9,12). The molecule has 3 rings (SSSR count). The molecule has 0 fully saturated rings. The molecule has 4 nitrogen and oxygen atoms in total. The zero-order valence-corrected chi connectivity index (χ0v) is 14.7. The van der Waals surface area contributed by atoms with Gasteiger partial charge < -0.3 is 20.3 Å². The quantitative estimate of drug-likeness (QED) is 0.740. The SMILES string of the molecule is CCOP(O)(=S)c1ccccc1.NC1c2ccccc2CC1O. The largest absolute Gasteiger partial charge is 0.391 e. The average Bonchev–Trinajstić information content (AvgIpc) is 2.84. The Bertz CT molecular complexity index is 681. The van der Waals surface area contributed by atoms with Gasteiger partial charge in [-0.1, -0.05) is 42.5 Å². The molecular weight excluding hydrogens is 329 g/mol. The van der Waals surface area contributed by atoms with Crippen molar-refractivity contribution in [3.8, 4) is 0 Å². The molecule has 0 aliphatic heterocycles. The molecule has 2 aromatic rings. The van der Waals surface area contributed by atoms with Crippen molar-refractivity contribution in [1.82, 2.24) is 0 Å². The molecule has 0 bridgehead atoms. The van der Waals surface area contributed by atoms with E-state index in [1.165, 1.54) is 5.56 Å². The van der Waals surface area contributed by atoms with Crippen LogP contribution in [-0.4, -0.2) is 22.7 Å². The van der Waals surface area contributed by atoms with E-state index in [9.17, 15) is 10.00 Å². The van der Waals surface area contributed by atoms with Crippen LogP contribution in [0.2, 0.25) is 0 Å². The minimum atomic E-state index is -2.71. The van der Waals surface area contributed by atoms with Crippen molar-refractivity contribution in [2.75, 3.05) is 6.61 Å². The van der Waals surface area contributed by atoms with Gasteiger partial charge in [0.05, 0.1) is 18.8 Å². The average molecular weight is 351 g/mol. The third kappa shape index (κ3) is 4.70. The lowest BCUT2D eigenvalue weighted by Gasteiger charge is -2.13. The number of hydrogen-bond donors (Lipinski definition) is 3. The minimum absolute atomic E-state index is 0.175. The maximum Gasteiger partial charge on any atom is 0.216 e. The number of benzene rings is 2. The van der Waals surface area contributed by atoms with Crippen molar-refractivity contribution < 1.29 is 14.5 Å². The molecule has 0 saturated heterocycles. The predicted molar refractivity (Wildman–Crippen MR) is 97.3 cm³/mol. The third-order valence-electron chi connectivity index (χ3n) is 3.64. The zero-order chi connectivity index (χ0) is 16.9. The molecule has 0 saturated carbocycles. The van der Waals surface area contributed by atoms with Crippen molar-refractivity contribution in [2.24, 2.45) is 5.73 Å². The van der Waals surface area contributed by atoms with Crippen molar-refractivity contribution in [3.63, 3.8) is 0 Å². The van der Waals surface area contributed by atoms with E-state index < -0.39 is 6.49 Å². The fourth-order valence-electron chi connectivity index (χ4n) is 2.47. The molecule has 0 heterocycles. The smallest absolute Gasteiger partial charge is 0.216 e. The number of aliphatic hydroxyl groups is 1. The Morgan fingerprint density at radius 1 is 1.17 bits per heavy atom. The molecule has 0 radical (unpaired) electrons. The monoisotopic (exact) mass is 351 g/mol. The first-order chi connectivity index (χ1) is 11.0. The molecule has 1 aliphatic rings. The summed E-state index contributed by atoms with van der Waals surface area (Å²) < 4.78 is 5.10. The van der Waals surface area contributed by atoms with Crippen molar-refractivity contribution in [2.45, 2.75) is 25.5 Å². The molecule has 124 valence electrons. The summed E-state index contributed by atoms with van der Waals surface area (Å²) in [6, 6.07) is 16.9. The molecule has 3 atom stereocenters. The number of fused-ring (bicyclic) bond motifs is 1. The van der Waals surface area contributed by atoms with Gasteiger partial charge >= 0.3 is 0 Å². The van der Waals surface area contributed by atoms with Crippen LogP contribution in [0.4, 0.5) is 0 Å². The highest BCUT2D eigenvalue weighted by Crippen LogP contribution is 2.40. The van der Waals surface area contributed by atoms with Crippen LogP contribution in [0.15, 0.2) is 54.6 Å². The van der Waals surface area contributed by atoms with Gasteiger partial charge in [-0.05, 0) is 42.0 Å². The molecule has 6 heteroatoms. The second-order valence-electron chi connectivity index (χ2n) is 5.27. The van der Waals surface area contributed by atoms with Gasteiger partial charge in [0.1, 0.15) is 0 Å². The molecule has 0 spiro atoms. The molecule has 0 aromatic heterocycles. The van der Waals surface area contributed by atoms with Crippen molar-refractivity contribution >= 4 is 23.6 Å².